The maximum absolute atomic E-state index is 13.5. The van der Waals surface area contributed by atoms with Crippen molar-refractivity contribution in [2.24, 2.45) is 0 Å². The lowest BCUT2D eigenvalue weighted by atomic mass is 9.80. The van der Waals surface area contributed by atoms with E-state index >= 15 is 0 Å². The Morgan fingerprint density at radius 2 is 1.81 bits per heavy atom. The van der Waals surface area contributed by atoms with E-state index in [0.29, 0.717) is 0 Å². The van der Waals surface area contributed by atoms with Gasteiger partial charge in [0.15, 0.2) is 0 Å². The summed E-state index contributed by atoms with van der Waals surface area (Å²) in [5, 5.41) is 0. The van der Waals surface area contributed by atoms with Gasteiger partial charge in [-0.2, -0.15) is 0 Å². The zero-order valence-corrected chi connectivity index (χ0v) is 8.42. The summed E-state index contributed by atoms with van der Waals surface area (Å²) in [4.78, 5) is 22.4. The lowest BCUT2D eigenvalue weighted by molar-refractivity contribution is -0.153. The minimum absolute atomic E-state index is 0.344. The quantitative estimate of drug-likeness (QED) is 0.540. The van der Waals surface area contributed by atoms with Gasteiger partial charge in [0.1, 0.15) is 17.0 Å². The molecule has 16 heavy (non-hydrogen) atoms. The summed E-state index contributed by atoms with van der Waals surface area (Å²) in [7, 11) is 0. The van der Waals surface area contributed by atoms with Crippen molar-refractivity contribution in [2.45, 2.75) is 18.8 Å². The van der Waals surface area contributed by atoms with E-state index in [1.807, 2.05) is 0 Å². The Morgan fingerprint density at radius 3 is 2.25 bits per heavy atom. The van der Waals surface area contributed by atoms with Crippen LogP contribution < -0.4 is 0 Å². The third kappa shape index (κ3) is 1.39. The van der Waals surface area contributed by atoms with Gasteiger partial charge in [0.25, 0.3) is 0 Å². The molecule has 0 aliphatic carbocycles. The van der Waals surface area contributed by atoms with E-state index in [2.05, 4.69) is 4.74 Å². The molecule has 5 heteroatoms. The smallest absolute Gasteiger partial charge is 0.324 e. The predicted octanol–water partition coefficient (Wildman–Crippen LogP) is 1.70. The minimum Gasteiger partial charge on any atom is -0.392 e. The van der Waals surface area contributed by atoms with Crippen molar-refractivity contribution in [3.8, 4) is 0 Å². The van der Waals surface area contributed by atoms with Crippen molar-refractivity contribution in [3.63, 3.8) is 0 Å². The van der Waals surface area contributed by atoms with Crippen molar-refractivity contribution in [1.82, 2.24) is 0 Å². The van der Waals surface area contributed by atoms with Gasteiger partial charge in [0.05, 0.1) is 6.42 Å². The lowest BCUT2D eigenvalue weighted by Crippen LogP contribution is -2.30. The predicted molar refractivity (Wildman–Crippen MR) is 49.4 cm³/mol. The number of esters is 2. The van der Waals surface area contributed by atoms with Crippen LogP contribution in [0.3, 0.4) is 0 Å². The number of carbonyl (C=O) groups excluding carboxylic acids is 2. The summed E-state index contributed by atoms with van der Waals surface area (Å²) in [5.74, 6) is -3.39. The fraction of sp³-hybridized carbons (Fsp3) is 0.273. The van der Waals surface area contributed by atoms with E-state index in [0.717, 1.165) is 12.1 Å². The molecule has 1 unspecified atom stereocenters. The largest absolute Gasteiger partial charge is 0.392 e. The Morgan fingerprint density at radius 1 is 1.25 bits per heavy atom. The van der Waals surface area contributed by atoms with Crippen LogP contribution in [-0.2, 0) is 19.7 Å². The molecular weight excluding hydrogens is 218 g/mol. The summed E-state index contributed by atoms with van der Waals surface area (Å²) < 4.78 is 31.3. The van der Waals surface area contributed by atoms with Gasteiger partial charge in [-0.05, 0) is 19.1 Å². The van der Waals surface area contributed by atoms with Gasteiger partial charge in [0.2, 0.25) is 0 Å². The van der Waals surface area contributed by atoms with E-state index in [4.69, 9.17) is 0 Å². The summed E-state index contributed by atoms with van der Waals surface area (Å²) in [6, 6.07) is 3.28. The van der Waals surface area contributed by atoms with Crippen LogP contribution in [-0.4, -0.2) is 11.9 Å². The van der Waals surface area contributed by atoms with Gasteiger partial charge in [-0.25, -0.2) is 8.78 Å². The molecule has 1 aliphatic heterocycles. The molecule has 3 nitrogen and oxygen atoms in total. The number of ether oxygens (including phenoxy) is 1. The SMILES string of the molecule is CC1(c2c(F)cccc2F)CC(=O)OC1=O. The number of carbonyl (C=O) groups is 2. The maximum Gasteiger partial charge on any atom is 0.324 e. The average molecular weight is 226 g/mol. The molecule has 0 spiro atoms. The van der Waals surface area contributed by atoms with Gasteiger partial charge in [0, 0.05) is 5.56 Å². The van der Waals surface area contributed by atoms with Crippen molar-refractivity contribution in [1.29, 1.82) is 0 Å². The standard InChI is InChI=1S/C11H8F2O3/c1-11(5-8(14)16-10(11)15)9-6(12)3-2-4-7(9)13/h2-4H,5H2,1H3. The summed E-state index contributed by atoms with van der Waals surface area (Å²) >= 11 is 0. The Hall–Kier alpha value is -1.78. The molecule has 1 aliphatic rings. The van der Waals surface area contributed by atoms with Gasteiger partial charge < -0.3 is 4.74 Å². The fourth-order valence-electron chi connectivity index (χ4n) is 1.83. The highest BCUT2D eigenvalue weighted by Crippen LogP contribution is 2.37. The first-order valence-electron chi connectivity index (χ1n) is 4.65. The van der Waals surface area contributed by atoms with Crippen LogP contribution in [0.2, 0.25) is 0 Å². The number of hydrogen-bond donors (Lipinski definition) is 0. The Bertz CT molecular complexity index is 464. The molecule has 0 bridgehead atoms. The van der Waals surface area contributed by atoms with E-state index in [1.54, 1.807) is 0 Å². The van der Waals surface area contributed by atoms with Gasteiger partial charge in [-0.1, -0.05) is 6.07 Å². The molecule has 1 aromatic rings. The molecule has 1 fully saturated rings. The topological polar surface area (TPSA) is 43.4 Å². The molecular formula is C11H8F2O3. The van der Waals surface area contributed by atoms with Crippen LogP contribution in [0.15, 0.2) is 18.2 Å². The fourth-order valence-corrected chi connectivity index (χ4v) is 1.83. The zero-order chi connectivity index (χ0) is 11.9. The second kappa shape index (κ2) is 3.37. The molecule has 1 saturated heterocycles. The van der Waals surface area contributed by atoms with Crippen molar-refractivity contribution in [3.05, 3.63) is 35.4 Å². The van der Waals surface area contributed by atoms with Gasteiger partial charge in [-0.15, -0.1) is 0 Å². The van der Waals surface area contributed by atoms with Crippen molar-refractivity contribution >= 4 is 11.9 Å². The second-order valence-corrected chi connectivity index (χ2v) is 3.87. The zero-order valence-electron chi connectivity index (χ0n) is 8.42. The normalized spacial score (nSPS) is 24.7. The second-order valence-electron chi connectivity index (χ2n) is 3.87. The average Bonchev–Trinajstić information content (AvgIpc) is 2.40. The first kappa shape index (κ1) is 10.7. The Labute approximate surface area is 90.0 Å². The molecule has 1 aromatic carbocycles. The van der Waals surface area contributed by atoms with Crippen LogP contribution >= 0.6 is 0 Å². The van der Waals surface area contributed by atoms with E-state index in [-0.39, 0.29) is 6.42 Å². The highest BCUT2D eigenvalue weighted by atomic mass is 19.1. The first-order valence-corrected chi connectivity index (χ1v) is 4.65. The molecule has 84 valence electrons. The number of hydrogen-bond acceptors (Lipinski definition) is 3. The van der Waals surface area contributed by atoms with Crippen LogP contribution in [0.4, 0.5) is 8.78 Å². The van der Waals surface area contributed by atoms with Gasteiger partial charge >= 0.3 is 11.9 Å². The third-order valence-electron chi connectivity index (χ3n) is 2.67. The number of rotatable bonds is 1. The summed E-state index contributed by atoms with van der Waals surface area (Å²) in [6.45, 7) is 1.29. The molecule has 1 atom stereocenters. The van der Waals surface area contributed by atoms with Crippen LogP contribution in [0.25, 0.3) is 0 Å². The Balaban J connectivity index is 2.60. The lowest BCUT2D eigenvalue weighted by Gasteiger charge is -2.19. The molecule has 2 rings (SSSR count). The van der Waals surface area contributed by atoms with Gasteiger partial charge in [-0.3, -0.25) is 9.59 Å². The molecule has 0 N–H and O–H groups in total. The maximum atomic E-state index is 13.5. The van der Waals surface area contributed by atoms with E-state index < -0.39 is 34.6 Å². The van der Waals surface area contributed by atoms with Crippen LogP contribution in [0, 0.1) is 11.6 Å². The molecule has 1 heterocycles. The van der Waals surface area contributed by atoms with E-state index in [1.165, 1.54) is 13.0 Å². The highest BCUT2D eigenvalue weighted by molar-refractivity contribution is 6.00. The minimum atomic E-state index is -1.56. The number of cyclic esters (lactones) is 2. The Kier molecular flexibility index (Phi) is 2.26. The van der Waals surface area contributed by atoms with E-state index in [9.17, 15) is 18.4 Å². The number of halogens is 2. The molecule has 0 radical (unpaired) electrons. The monoisotopic (exact) mass is 226 g/mol. The number of benzene rings is 1. The van der Waals surface area contributed by atoms with Crippen molar-refractivity contribution in [2.75, 3.05) is 0 Å². The molecule has 0 saturated carbocycles. The van der Waals surface area contributed by atoms with Crippen LogP contribution in [0.5, 0.6) is 0 Å². The summed E-state index contributed by atoms with van der Waals surface area (Å²) in [5.41, 5.74) is -1.97. The third-order valence-corrected chi connectivity index (χ3v) is 2.67. The van der Waals surface area contributed by atoms with Crippen molar-refractivity contribution < 1.29 is 23.1 Å². The van der Waals surface area contributed by atoms with Crippen LogP contribution in [0.1, 0.15) is 18.9 Å². The highest BCUT2D eigenvalue weighted by Gasteiger charge is 2.49. The molecule has 0 aromatic heterocycles. The first-order chi connectivity index (χ1) is 7.45. The molecule has 0 amide bonds. The summed E-state index contributed by atoms with van der Waals surface area (Å²) in [6.07, 6.45) is -0.344.